The fourth-order valence-electron chi connectivity index (χ4n) is 1.45. The molecule has 0 aliphatic heterocycles. The van der Waals surface area contributed by atoms with Gasteiger partial charge in [0, 0.05) is 12.1 Å². The molecule has 1 rings (SSSR count). The van der Waals surface area contributed by atoms with Gasteiger partial charge in [0.25, 0.3) is 0 Å². The van der Waals surface area contributed by atoms with E-state index in [1.54, 1.807) is 39.0 Å². The van der Waals surface area contributed by atoms with Crippen LogP contribution in [0.2, 0.25) is 0 Å². The summed E-state index contributed by atoms with van der Waals surface area (Å²) in [5.74, 6) is -0.444. The topological polar surface area (TPSA) is 52.3 Å². The van der Waals surface area contributed by atoms with Crippen molar-refractivity contribution < 1.29 is 13.9 Å². The van der Waals surface area contributed by atoms with Crippen LogP contribution in [0.3, 0.4) is 0 Å². The zero-order valence-corrected chi connectivity index (χ0v) is 10.4. The Kier molecular flexibility index (Phi) is 4.10. The van der Waals surface area contributed by atoms with Crippen molar-refractivity contribution in [3.8, 4) is 0 Å². The Morgan fingerprint density at radius 3 is 2.59 bits per heavy atom. The summed E-state index contributed by atoms with van der Waals surface area (Å²) in [6, 6.07) is 4.80. The summed E-state index contributed by atoms with van der Waals surface area (Å²) in [6.45, 7) is 4.84. The van der Waals surface area contributed by atoms with E-state index in [2.05, 4.69) is 0 Å². The van der Waals surface area contributed by atoms with Crippen molar-refractivity contribution in [2.24, 2.45) is 0 Å². The second-order valence-corrected chi connectivity index (χ2v) is 4.86. The van der Waals surface area contributed by atoms with E-state index >= 15 is 0 Å². The number of nitrogens with two attached hydrogens (primary N) is 1. The van der Waals surface area contributed by atoms with Gasteiger partial charge in [-0.05, 0) is 44.5 Å². The van der Waals surface area contributed by atoms with Crippen LogP contribution in [-0.4, -0.2) is 18.2 Å². The van der Waals surface area contributed by atoms with Crippen LogP contribution in [0.5, 0.6) is 0 Å². The first kappa shape index (κ1) is 13.5. The molecule has 0 unspecified atom stereocenters. The summed E-state index contributed by atoms with van der Waals surface area (Å²) in [7, 11) is 0. The predicted molar refractivity (Wildman–Crippen MR) is 65.7 cm³/mol. The molecule has 1 aromatic rings. The number of carbonyl (C=O) groups is 1. The Morgan fingerprint density at radius 1 is 1.41 bits per heavy atom. The molecule has 0 aliphatic carbocycles. The number of hydrogen-bond donors (Lipinski definition) is 1. The lowest BCUT2D eigenvalue weighted by Gasteiger charge is -2.20. The standard InChI is InChI=1S/C13H18FNO2/c1-13(2,3)17-12(16)11-5-4-10(15)8-9(11)6-7-14/h4-5,8H,6-7,15H2,1-3H3. The second kappa shape index (κ2) is 5.17. The van der Waals surface area contributed by atoms with Crippen molar-refractivity contribution in [1.29, 1.82) is 0 Å². The van der Waals surface area contributed by atoms with Crippen molar-refractivity contribution in [1.82, 2.24) is 0 Å². The third-order valence-electron chi connectivity index (χ3n) is 2.11. The molecule has 17 heavy (non-hydrogen) atoms. The molecule has 0 bridgehead atoms. The minimum Gasteiger partial charge on any atom is -0.456 e. The molecule has 0 spiro atoms. The van der Waals surface area contributed by atoms with Crippen LogP contribution >= 0.6 is 0 Å². The fourth-order valence-corrected chi connectivity index (χ4v) is 1.45. The molecule has 0 atom stereocenters. The average Bonchev–Trinajstić information content (AvgIpc) is 2.15. The summed E-state index contributed by atoms with van der Waals surface area (Å²) in [4.78, 5) is 11.9. The normalized spacial score (nSPS) is 11.3. The minimum absolute atomic E-state index is 0.166. The molecule has 0 aliphatic rings. The number of esters is 1. The molecule has 0 heterocycles. The summed E-state index contributed by atoms with van der Waals surface area (Å²) < 4.78 is 17.6. The Labute approximate surface area is 101 Å². The third-order valence-corrected chi connectivity index (χ3v) is 2.11. The van der Waals surface area contributed by atoms with Gasteiger partial charge in [-0.15, -0.1) is 0 Å². The highest BCUT2D eigenvalue weighted by atomic mass is 19.1. The molecular weight excluding hydrogens is 221 g/mol. The van der Waals surface area contributed by atoms with E-state index in [0.717, 1.165) is 0 Å². The quantitative estimate of drug-likeness (QED) is 0.651. The number of ether oxygens (including phenoxy) is 1. The van der Waals surface area contributed by atoms with Gasteiger partial charge in [0.05, 0.1) is 12.2 Å². The first-order valence-electron chi connectivity index (χ1n) is 5.51. The van der Waals surface area contributed by atoms with Crippen LogP contribution in [0.4, 0.5) is 10.1 Å². The summed E-state index contributed by atoms with van der Waals surface area (Å²) >= 11 is 0. The Balaban J connectivity index is 3.00. The van der Waals surface area contributed by atoms with Gasteiger partial charge in [-0.3, -0.25) is 4.39 Å². The number of anilines is 1. The zero-order chi connectivity index (χ0) is 13.1. The molecule has 1 aromatic carbocycles. The Morgan fingerprint density at radius 2 is 2.06 bits per heavy atom. The van der Waals surface area contributed by atoms with Gasteiger partial charge in [-0.1, -0.05) is 0 Å². The van der Waals surface area contributed by atoms with Crippen molar-refractivity contribution in [3.05, 3.63) is 29.3 Å². The lowest BCUT2D eigenvalue weighted by molar-refractivity contribution is 0.00684. The van der Waals surface area contributed by atoms with Crippen LogP contribution < -0.4 is 5.73 Å². The summed E-state index contributed by atoms with van der Waals surface area (Å²) in [5, 5.41) is 0. The summed E-state index contributed by atoms with van der Waals surface area (Å²) in [6.07, 6.45) is 0.166. The Bertz CT molecular complexity index is 410. The molecule has 0 saturated heterocycles. The van der Waals surface area contributed by atoms with Crippen LogP contribution in [0.15, 0.2) is 18.2 Å². The van der Waals surface area contributed by atoms with Crippen LogP contribution in [0.1, 0.15) is 36.7 Å². The molecule has 4 heteroatoms. The molecule has 3 nitrogen and oxygen atoms in total. The molecule has 94 valence electrons. The summed E-state index contributed by atoms with van der Waals surface area (Å²) in [5.41, 5.74) is 6.53. The van der Waals surface area contributed by atoms with Crippen molar-refractivity contribution in [3.63, 3.8) is 0 Å². The second-order valence-electron chi connectivity index (χ2n) is 4.86. The van der Waals surface area contributed by atoms with Gasteiger partial charge < -0.3 is 10.5 Å². The highest BCUT2D eigenvalue weighted by Gasteiger charge is 2.20. The maximum atomic E-state index is 12.4. The van der Waals surface area contributed by atoms with E-state index in [0.29, 0.717) is 16.8 Å². The van der Waals surface area contributed by atoms with Crippen LogP contribution in [0, 0.1) is 0 Å². The number of aryl methyl sites for hydroxylation is 1. The number of rotatable bonds is 3. The maximum absolute atomic E-state index is 12.4. The molecule has 0 saturated carbocycles. The van der Waals surface area contributed by atoms with Gasteiger partial charge in [0.1, 0.15) is 5.60 Å². The van der Waals surface area contributed by atoms with E-state index in [9.17, 15) is 9.18 Å². The number of carbonyl (C=O) groups excluding carboxylic acids is 1. The zero-order valence-electron chi connectivity index (χ0n) is 10.4. The lowest BCUT2D eigenvalue weighted by atomic mass is 10.0. The van der Waals surface area contributed by atoms with Gasteiger partial charge >= 0.3 is 5.97 Å². The first-order chi connectivity index (χ1) is 7.83. The number of halogens is 1. The number of hydrogen-bond acceptors (Lipinski definition) is 3. The maximum Gasteiger partial charge on any atom is 0.338 e. The SMILES string of the molecule is CC(C)(C)OC(=O)c1ccc(N)cc1CCF. The highest BCUT2D eigenvalue weighted by molar-refractivity contribution is 5.91. The van der Waals surface area contributed by atoms with Gasteiger partial charge in [0.15, 0.2) is 0 Å². The van der Waals surface area contributed by atoms with Gasteiger partial charge in [-0.25, -0.2) is 4.79 Å². The van der Waals surface area contributed by atoms with E-state index in [-0.39, 0.29) is 6.42 Å². The van der Waals surface area contributed by atoms with Crippen molar-refractivity contribution >= 4 is 11.7 Å². The van der Waals surface area contributed by atoms with Gasteiger partial charge in [0.2, 0.25) is 0 Å². The monoisotopic (exact) mass is 239 g/mol. The number of benzene rings is 1. The average molecular weight is 239 g/mol. The molecule has 2 N–H and O–H groups in total. The number of alkyl halides is 1. The molecule has 0 radical (unpaired) electrons. The fraction of sp³-hybridized carbons (Fsp3) is 0.462. The Hall–Kier alpha value is -1.58. The smallest absolute Gasteiger partial charge is 0.338 e. The van der Waals surface area contributed by atoms with Crippen LogP contribution in [0.25, 0.3) is 0 Å². The lowest BCUT2D eigenvalue weighted by Crippen LogP contribution is -2.24. The number of nitrogen functional groups attached to an aromatic ring is 1. The third kappa shape index (κ3) is 4.06. The largest absolute Gasteiger partial charge is 0.456 e. The van der Waals surface area contributed by atoms with Gasteiger partial charge in [-0.2, -0.15) is 0 Å². The van der Waals surface area contributed by atoms with E-state index in [4.69, 9.17) is 10.5 Å². The molecule has 0 fully saturated rings. The molecular formula is C13H18FNO2. The molecule has 0 amide bonds. The predicted octanol–water partition coefficient (Wildman–Crippen LogP) is 2.74. The van der Waals surface area contributed by atoms with Crippen molar-refractivity contribution in [2.75, 3.05) is 12.4 Å². The molecule has 0 aromatic heterocycles. The van der Waals surface area contributed by atoms with Crippen molar-refractivity contribution in [2.45, 2.75) is 32.8 Å². The van der Waals surface area contributed by atoms with E-state index in [1.807, 2.05) is 0 Å². The highest BCUT2D eigenvalue weighted by Crippen LogP contribution is 2.18. The van der Waals surface area contributed by atoms with E-state index < -0.39 is 18.2 Å². The first-order valence-corrected chi connectivity index (χ1v) is 5.51. The van der Waals surface area contributed by atoms with E-state index in [1.165, 1.54) is 0 Å². The van der Waals surface area contributed by atoms with Crippen LogP contribution in [-0.2, 0) is 11.2 Å². The minimum atomic E-state index is -0.564.